The number of aromatic nitrogens is 1. The smallest absolute Gasteiger partial charge is 0.0780 e. The Kier molecular flexibility index (Phi) is 9.78. The molecule has 2 nitrogen and oxygen atoms in total. The van der Waals surface area contributed by atoms with Gasteiger partial charge in [0.25, 0.3) is 0 Å². The molecule has 1 aliphatic heterocycles. The molecule has 4 heteroatoms. The first-order chi connectivity index (χ1) is 24.6. The molecule has 0 fully saturated rings. The van der Waals surface area contributed by atoms with E-state index in [1.165, 1.54) is 92.3 Å². The van der Waals surface area contributed by atoms with Crippen LogP contribution in [0.4, 0.5) is 0 Å². The van der Waals surface area contributed by atoms with Crippen molar-refractivity contribution in [2.75, 3.05) is 6.54 Å². The minimum Gasteiger partial charge on any atom is -0.284 e. The van der Waals surface area contributed by atoms with Crippen LogP contribution >= 0.6 is 22.7 Å². The van der Waals surface area contributed by atoms with Crippen LogP contribution in [0, 0.1) is 38.5 Å². The van der Waals surface area contributed by atoms with Crippen LogP contribution in [0.3, 0.4) is 0 Å². The highest BCUT2D eigenvalue weighted by Crippen LogP contribution is 2.39. The van der Waals surface area contributed by atoms with E-state index in [0.29, 0.717) is 10.8 Å². The monoisotopic (exact) mass is 720 g/mol. The van der Waals surface area contributed by atoms with Gasteiger partial charge in [-0.05, 0) is 126 Å². The number of benzene rings is 4. The van der Waals surface area contributed by atoms with Crippen molar-refractivity contribution < 1.29 is 0 Å². The predicted molar refractivity (Wildman–Crippen MR) is 230 cm³/mol. The molecule has 3 aromatic heterocycles. The first kappa shape index (κ1) is 36.2. The number of pyridine rings is 1. The zero-order valence-corrected chi connectivity index (χ0v) is 34.3. The molecule has 0 saturated heterocycles. The molecule has 0 amide bonds. The average Bonchev–Trinajstić information content (AvgIpc) is 3.66. The zero-order chi connectivity index (χ0) is 36.9. The maximum atomic E-state index is 4.92. The second-order valence-electron chi connectivity index (χ2n) is 17.4. The summed E-state index contributed by atoms with van der Waals surface area (Å²) in [5.74, 6) is 0. The molecule has 0 aliphatic carbocycles. The van der Waals surface area contributed by atoms with Gasteiger partial charge in [-0.25, -0.2) is 0 Å². The van der Waals surface area contributed by atoms with E-state index in [0.717, 1.165) is 31.5 Å². The molecule has 4 aromatic carbocycles. The van der Waals surface area contributed by atoms with Gasteiger partial charge in [0.05, 0.1) is 11.4 Å². The number of thiophene rings is 2. The van der Waals surface area contributed by atoms with Crippen LogP contribution in [0.5, 0.6) is 0 Å². The van der Waals surface area contributed by atoms with Crippen LogP contribution in [0.15, 0.2) is 88.7 Å². The van der Waals surface area contributed by atoms with Crippen molar-refractivity contribution in [1.29, 1.82) is 0 Å². The van der Waals surface area contributed by atoms with Gasteiger partial charge in [-0.15, -0.1) is 22.7 Å². The standard InChI is InChI=1S/C24H27NS.C24H25NS/c2*1-15-10-16(2)12-17(11-15)22-20-7-6-19-18(13-24(3,4)5)14-26-23(19)21(20)8-9-25-22/h6-7,10-12,14H,8-9,13H2,1-5H3;6-12,14H,13H2,1-5H3. The zero-order valence-electron chi connectivity index (χ0n) is 32.6. The molecule has 1 aliphatic rings. The molecule has 7 aromatic rings. The number of aliphatic imine (C=N–C) groups is 1. The predicted octanol–water partition coefficient (Wildman–Crippen LogP) is 13.8. The lowest BCUT2D eigenvalue weighted by atomic mass is 9.86. The molecule has 0 bridgehead atoms. The Morgan fingerprint density at radius 1 is 0.577 bits per heavy atom. The maximum absolute atomic E-state index is 4.92. The molecule has 266 valence electrons. The summed E-state index contributed by atoms with van der Waals surface area (Å²) in [7, 11) is 0. The largest absolute Gasteiger partial charge is 0.284 e. The SMILES string of the molecule is Cc1cc(C)cc(-c2nccc3c2ccc2c(CC(C)(C)C)csc23)c1.Cc1cc(C)cc(C2=NCCc3c2ccc2c(CC(C)(C)C)csc32)c1. The van der Waals surface area contributed by atoms with Crippen LogP contribution in [0.1, 0.15) is 91.6 Å². The van der Waals surface area contributed by atoms with Gasteiger partial charge >= 0.3 is 0 Å². The summed E-state index contributed by atoms with van der Waals surface area (Å²) < 4.78 is 2.85. The molecule has 52 heavy (non-hydrogen) atoms. The van der Waals surface area contributed by atoms with Crippen molar-refractivity contribution in [3.05, 3.63) is 134 Å². The Labute approximate surface area is 318 Å². The van der Waals surface area contributed by atoms with E-state index in [9.17, 15) is 0 Å². The molecule has 0 atom stereocenters. The van der Waals surface area contributed by atoms with E-state index in [4.69, 9.17) is 9.98 Å². The summed E-state index contributed by atoms with van der Waals surface area (Å²) in [4.78, 5) is 9.65. The van der Waals surface area contributed by atoms with Crippen LogP contribution < -0.4 is 0 Å². The van der Waals surface area contributed by atoms with Gasteiger partial charge < -0.3 is 0 Å². The van der Waals surface area contributed by atoms with Gasteiger partial charge in [0, 0.05) is 49.6 Å². The molecule has 0 saturated carbocycles. The minimum absolute atomic E-state index is 0.297. The number of aryl methyl sites for hydroxylation is 4. The normalized spacial score (nSPS) is 13.3. The highest BCUT2D eigenvalue weighted by molar-refractivity contribution is 7.18. The van der Waals surface area contributed by atoms with Crippen molar-refractivity contribution in [3.63, 3.8) is 0 Å². The Morgan fingerprint density at radius 3 is 1.69 bits per heavy atom. The second kappa shape index (κ2) is 14.0. The molecule has 0 unspecified atom stereocenters. The molecular formula is C48H52N2S2. The molecule has 4 heterocycles. The van der Waals surface area contributed by atoms with E-state index in [1.807, 2.05) is 28.9 Å². The summed E-state index contributed by atoms with van der Waals surface area (Å²) >= 11 is 3.78. The highest BCUT2D eigenvalue weighted by Gasteiger charge is 2.22. The summed E-state index contributed by atoms with van der Waals surface area (Å²) in [6.45, 7) is 23.4. The third kappa shape index (κ3) is 7.65. The van der Waals surface area contributed by atoms with Crippen LogP contribution in [-0.4, -0.2) is 17.2 Å². The third-order valence-electron chi connectivity index (χ3n) is 9.81. The number of nitrogens with zero attached hydrogens (tertiary/aromatic N) is 2. The van der Waals surface area contributed by atoms with Crippen LogP contribution in [-0.2, 0) is 19.3 Å². The third-order valence-corrected chi connectivity index (χ3v) is 12.0. The van der Waals surface area contributed by atoms with Gasteiger partial charge in [-0.3, -0.25) is 9.98 Å². The van der Waals surface area contributed by atoms with E-state index in [-0.39, 0.29) is 0 Å². The van der Waals surface area contributed by atoms with E-state index < -0.39 is 0 Å². The fourth-order valence-corrected chi connectivity index (χ4v) is 10.2. The molecule has 0 radical (unpaired) electrons. The Morgan fingerprint density at radius 2 is 1.10 bits per heavy atom. The van der Waals surface area contributed by atoms with Gasteiger partial charge in [0.2, 0.25) is 0 Å². The average molecular weight is 721 g/mol. The first-order valence-corrected chi connectivity index (χ1v) is 20.4. The van der Waals surface area contributed by atoms with Gasteiger partial charge in [0.1, 0.15) is 0 Å². The van der Waals surface area contributed by atoms with Crippen LogP contribution in [0.2, 0.25) is 0 Å². The highest BCUT2D eigenvalue weighted by atomic mass is 32.1. The number of hydrogen-bond donors (Lipinski definition) is 0. The quantitative estimate of drug-likeness (QED) is 0.178. The summed E-state index contributed by atoms with van der Waals surface area (Å²) in [6.07, 6.45) is 5.24. The fourth-order valence-electron chi connectivity index (χ4n) is 7.96. The molecule has 8 rings (SSSR count). The number of rotatable bonds is 4. The maximum Gasteiger partial charge on any atom is 0.0780 e. The van der Waals surface area contributed by atoms with Crippen molar-refractivity contribution in [3.8, 4) is 11.3 Å². The minimum atomic E-state index is 0.297. The fraction of sp³-hybridized carbons (Fsp3) is 0.333. The van der Waals surface area contributed by atoms with Gasteiger partial charge in [-0.1, -0.05) is 100 Å². The Bertz CT molecular complexity index is 2430. The number of fused-ring (bicyclic) bond motifs is 6. The summed E-state index contributed by atoms with van der Waals surface area (Å²) in [6, 6.07) is 24.8. The van der Waals surface area contributed by atoms with Crippen LogP contribution in [0.25, 0.3) is 42.2 Å². The van der Waals surface area contributed by atoms with Crippen molar-refractivity contribution in [1.82, 2.24) is 4.98 Å². The van der Waals surface area contributed by atoms with Crippen molar-refractivity contribution in [2.45, 2.75) is 88.5 Å². The Balaban J connectivity index is 0.000000162. The topological polar surface area (TPSA) is 25.2 Å². The number of hydrogen-bond acceptors (Lipinski definition) is 4. The molecule has 0 N–H and O–H groups in total. The van der Waals surface area contributed by atoms with Crippen molar-refractivity contribution >= 4 is 59.3 Å². The first-order valence-electron chi connectivity index (χ1n) is 18.7. The molecular weight excluding hydrogens is 669 g/mol. The van der Waals surface area contributed by atoms with E-state index in [1.54, 1.807) is 0 Å². The van der Waals surface area contributed by atoms with Gasteiger partial charge in [-0.2, -0.15) is 0 Å². The lowest BCUT2D eigenvalue weighted by Gasteiger charge is -2.20. The lowest BCUT2D eigenvalue weighted by Crippen LogP contribution is -2.15. The lowest BCUT2D eigenvalue weighted by molar-refractivity contribution is 0.412. The summed E-state index contributed by atoms with van der Waals surface area (Å²) in [5, 5.41) is 10.1. The summed E-state index contributed by atoms with van der Waals surface area (Å²) in [5.41, 5.74) is 16.3. The van der Waals surface area contributed by atoms with Gasteiger partial charge in [0.15, 0.2) is 0 Å². The van der Waals surface area contributed by atoms with E-state index in [2.05, 4.69) is 147 Å². The Hall–Kier alpha value is -4.12. The van der Waals surface area contributed by atoms with E-state index >= 15 is 0 Å². The van der Waals surface area contributed by atoms with Crippen molar-refractivity contribution in [2.24, 2.45) is 15.8 Å². The second-order valence-corrected chi connectivity index (χ2v) is 19.2. The molecule has 0 spiro atoms.